The lowest BCUT2D eigenvalue weighted by Gasteiger charge is -2.31. The molecule has 0 N–H and O–H groups in total. The molecule has 40 heavy (non-hydrogen) atoms. The number of halogens is 1. The number of hydrogen-bond acceptors (Lipinski definition) is 5. The lowest BCUT2D eigenvalue weighted by Crippen LogP contribution is -2.32. The van der Waals surface area contributed by atoms with E-state index in [-0.39, 0.29) is 23.8 Å². The topological polar surface area (TPSA) is 51.2 Å². The fourth-order valence-electron chi connectivity index (χ4n) is 5.50. The van der Waals surface area contributed by atoms with Crippen molar-refractivity contribution in [2.45, 2.75) is 38.8 Å². The molecule has 1 amide bonds. The predicted octanol–water partition coefficient (Wildman–Crippen LogP) is 6.19. The van der Waals surface area contributed by atoms with E-state index in [1.165, 1.54) is 0 Å². The molecule has 1 fully saturated rings. The van der Waals surface area contributed by atoms with Gasteiger partial charge in [-0.05, 0) is 80.9 Å². The number of fused-ring (bicyclic) bond motifs is 1. The van der Waals surface area contributed by atoms with E-state index >= 15 is 4.39 Å². The third-order valence-electron chi connectivity index (χ3n) is 7.84. The Labute approximate surface area is 236 Å². The minimum absolute atomic E-state index is 0.129. The zero-order valence-corrected chi connectivity index (χ0v) is 23.5. The maximum Gasteiger partial charge on any atom is 0.257 e. The zero-order chi connectivity index (χ0) is 27.9. The first-order chi connectivity index (χ1) is 19.5. The average Bonchev–Trinajstić information content (AvgIpc) is 3.28. The number of ether oxygens (including phenoxy) is 3. The number of nitrogens with zero attached hydrogens (tertiary/aromatic N) is 2. The number of rotatable bonds is 12. The Morgan fingerprint density at radius 1 is 0.875 bits per heavy atom. The Bertz CT molecular complexity index is 1270. The summed E-state index contributed by atoms with van der Waals surface area (Å²) in [6.45, 7) is 3.56. The van der Waals surface area contributed by atoms with Gasteiger partial charge in [0.1, 0.15) is 24.7 Å². The molecule has 7 heteroatoms. The van der Waals surface area contributed by atoms with Crippen molar-refractivity contribution in [3.8, 4) is 17.2 Å². The minimum atomic E-state index is -0.547. The first-order valence-corrected chi connectivity index (χ1v) is 14.2. The van der Waals surface area contributed by atoms with Crippen LogP contribution in [0.2, 0.25) is 0 Å². The van der Waals surface area contributed by atoms with Gasteiger partial charge in [0.15, 0.2) is 11.6 Å². The number of likely N-dealkylation sites (N-methyl/N-ethyl adjacent to an activating group) is 1. The number of carbonyl (C=O) groups excluding carboxylic acids is 1. The molecular formula is C33H39FN2O4. The van der Waals surface area contributed by atoms with Crippen LogP contribution < -0.4 is 14.2 Å². The second-order valence-corrected chi connectivity index (χ2v) is 11.2. The van der Waals surface area contributed by atoms with Crippen molar-refractivity contribution in [3.63, 3.8) is 0 Å². The molecule has 1 aliphatic carbocycles. The summed E-state index contributed by atoms with van der Waals surface area (Å²) in [7, 11) is 4.05. The van der Waals surface area contributed by atoms with Gasteiger partial charge < -0.3 is 24.0 Å². The summed E-state index contributed by atoms with van der Waals surface area (Å²) in [5.74, 6) is 1.92. The molecule has 3 aromatic carbocycles. The van der Waals surface area contributed by atoms with E-state index in [1.807, 2.05) is 74.8 Å². The number of benzene rings is 3. The SMILES string of the molecule is CN(C)CCOc1cccc(OC[C@H]2CC[C@H](CN3Cc4ccc(OCc5ccccc5)c(F)c4C3=O)CC2)c1. The van der Waals surface area contributed by atoms with Crippen LogP contribution in [0.4, 0.5) is 4.39 Å². The number of carbonyl (C=O) groups is 1. The summed E-state index contributed by atoms with van der Waals surface area (Å²) in [5.41, 5.74) is 1.86. The van der Waals surface area contributed by atoms with Crippen LogP contribution in [0.5, 0.6) is 17.2 Å². The van der Waals surface area contributed by atoms with Crippen molar-refractivity contribution >= 4 is 5.91 Å². The van der Waals surface area contributed by atoms with E-state index in [4.69, 9.17) is 14.2 Å². The molecule has 5 rings (SSSR count). The highest BCUT2D eigenvalue weighted by Gasteiger charge is 2.34. The van der Waals surface area contributed by atoms with Gasteiger partial charge in [0.05, 0.1) is 12.2 Å². The van der Waals surface area contributed by atoms with Gasteiger partial charge in [0.25, 0.3) is 5.91 Å². The highest BCUT2D eigenvalue weighted by molar-refractivity contribution is 5.99. The molecule has 3 aromatic rings. The molecule has 6 nitrogen and oxygen atoms in total. The predicted molar refractivity (Wildman–Crippen MR) is 153 cm³/mol. The second kappa shape index (κ2) is 13.2. The molecule has 1 heterocycles. The first-order valence-electron chi connectivity index (χ1n) is 14.2. The van der Waals surface area contributed by atoms with Crippen molar-refractivity contribution in [3.05, 3.63) is 89.2 Å². The average molecular weight is 547 g/mol. The van der Waals surface area contributed by atoms with E-state index in [9.17, 15) is 4.79 Å². The summed E-state index contributed by atoms with van der Waals surface area (Å²) < 4.78 is 32.9. The normalized spacial score (nSPS) is 18.6. The summed E-state index contributed by atoms with van der Waals surface area (Å²) in [4.78, 5) is 17.1. The van der Waals surface area contributed by atoms with Crippen LogP contribution in [0.25, 0.3) is 0 Å². The molecule has 0 spiro atoms. The molecule has 0 atom stereocenters. The smallest absolute Gasteiger partial charge is 0.257 e. The molecule has 0 aromatic heterocycles. The zero-order valence-electron chi connectivity index (χ0n) is 23.5. The Morgan fingerprint density at radius 2 is 1.60 bits per heavy atom. The molecular weight excluding hydrogens is 507 g/mol. The first kappa shape index (κ1) is 28.0. The van der Waals surface area contributed by atoms with Gasteiger partial charge in [-0.25, -0.2) is 4.39 Å². The maximum absolute atomic E-state index is 15.3. The van der Waals surface area contributed by atoms with Crippen molar-refractivity contribution in [1.29, 1.82) is 0 Å². The molecule has 0 radical (unpaired) electrons. The fraction of sp³-hybridized carbons (Fsp3) is 0.424. The van der Waals surface area contributed by atoms with Crippen molar-refractivity contribution < 1.29 is 23.4 Å². The highest BCUT2D eigenvalue weighted by Crippen LogP contribution is 2.35. The molecule has 212 valence electrons. The Morgan fingerprint density at radius 3 is 2.35 bits per heavy atom. The van der Waals surface area contributed by atoms with Crippen LogP contribution >= 0.6 is 0 Å². The molecule has 0 unspecified atom stereocenters. The summed E-state index contributed by atoms with van der Waals surface area (Å²) in [6, 6.07) is 20.9. The standard InChI is InChI=1S/C33H39FN2O4/c1-35(2)17-18-38-28-9-6-10-29(19-28)39-22-26-13-11-24(12-14-26)20-36-21-27-15-16-30(32(34)31(27)33(36)37)40-23-25-7-4-3-5-8-25/h3-10,15-16,19,24,26H,11-14,17-18,20-23H2,1-2H3/t24-,26-. The van der Waals surface area contributed by atoms with Crippen molar-refractivity contribution in [2.75, 3.05) is 40.4 Å². The summed E-state index contributed by atoms with van der Waals surface area (Å²) in [5, 5.41) is 0. The van der Waals surface area contributed by atoms with Crippen LogP contribution in [0.3, 0.4) is 0 Å². The number of hydrogen-bond donors (Lipinski definition) is 0. The third kappa shape index (κ3) is 7.13. The number of amides is 1. The van der Waals surface area contributed by atoms with Gasteiger partial charge in [0, 0.05) is 25.7 Å². The summed E-state index contributed by atoms with van der Waals surface area (Å²) in [6.07, 6.45) is 4.19. The van der Waals surface area contributed by atoms with Crippen molar-refractivity contribution in [1.82, 2.24) is 9.80 Å². The molecule has 1 saturated carbocycles. The van der Waals surface area contributed by atoms with E-state index in [0.717, 1.165) is 54.9 Å². The third-order valence-corrected chi connectivity index (χ3v) is 7.84. The van der Waals surface area contributed by atoms with Crippen LogP contribution in [0.1, 0.15) is 47.2 Å². The maximum atomic E-state index is 15.3. The lowest BCUT2D eigenvalue weighted by molar-refractivity contribution is 0.0717. The Hall–Kier alpha value is -3.58. The monoisotopic (exact) mass is 546 g/mol. The molecule has 0 bridgehead atoms. The van der Waals surface area contributed by atoms with Gasteiger partial charge >= 0.3 is 0 Å². The van der Waals surface area contributed by atoms with Crippen LogP contribution in [-0.2, 0) is 13.2 Å². The Balaban J connectivity index is 1.07. The highest BCUT2D eigenvalue weighted by atomic mass is 19.1. The minimum Gasteiger partial charge on any atom is -0.493 e. The van der Waals surface area contributed by atoms with Gasteiger partial charge in [0.2, 0.25) is 0 Å². The fourth-order valence-corrected chi connectivity index (χ4v) is 5.50. The van der Waals surface area contributed by atoms with Crippen LogP contribution in [-0.4, -0.2) is 56.1 Å². The second-order valence-electron chi connectivity index (χ2n) is 11.2. The van der Waals surface area contributed by atoms with E-state index in [0.29, 0.717) is 38.1 Å². The van der Waals surface area contributed by atoms with Gasteiger partial charge in [-0.1, -0.05) is 42.5 Å². The van der Waals surface area contributed by atoms with Crippen LogP contribution in [0.15, 0.2) is 66.7 Å². The largest absolute Gasteiger partial charge is 0.493 e. The van der Waals surface area contributed by atoms with E-state index < -0.39 is 5.82 Å². The lowest BCUT2D eigenvalue weighted by atomic mass is 9.82. The van der Waals surface area contributed by atoms with E-state index in [1.54, 1.807) is 11.0 Å². The van der Waals surface area contributed by atoms with Crippen molar-refractivity contribution in [2.24, 2.45) is 11.8 Å². The van der Waals surface area contributed by atoms with Gasteiger partial charge in [-0.3, -0.25) is 4.79 Å². The van der Waals surface area contributed by atoms with Gasteiger partial charge in [-0.15, -0.1) is 0 Å². The van der Waals surface area contributed by atoms with E-state index in [2.05, 4.69) is 4.90 Å². The quantitative estimate of drug-likeness (QED) is 0.271. The molecule has 2 aliphatic rings. The molecule has 1 aliphatic heterocycles. The van der Waals surface area contributed by atoms with Crippen LogP contribution in [0, 0.1) is 17.7 Å². The summed E-state index contributed by atoms with van der Waals surface area (Å²) >= 11 is 0. The molecule has 0 saturated heterocycles. The Kier molecular flexibility index (Phi) is 9.22. The van der Waals surface area contributed by atoms with Gasteiger partial charge in [-0.2, -0.15) is 0 Å².